The monoisotopic (exact) mass is 398 g/mol. The number of carbonyl (C=O) groups excluding carboxylic acids is 1. The van der Waals surface area contributed by atoms with Gasteiger partial charge in [-0.1, -0.05) is 65.3 Å². The van der Waals surface area contributed by atoms with Gasteiger partial charge < -0.3 is 5.32 Å². The van der Waals surface area contributed by atoms with Crippen LogP contribution in [0.25, 0.3) is 11.4 Å². The van der Waals surface area contributed by atoms with Crippen molar-refractivity contribution in [2.75, 3.05) is 11.1 Å². The molecular weight excluding hydrogens is 380 g/mol. The molecule has 0 saturated heterocycles. The van der Waals surface area contributed by atoms with Crippen LogP contribution in [0.15, 0.2) is 66.3 Å². The standard InChI is InChI=1S/C20H19ClN4OS/c1-3-11-25-19(15-9-7-14(2)8-10-15)23-24-20(25)27-13-18(26)22-17-6-4-5-16(21)12-17/h3-10,12H,1,11,13H2,2H3,(H,22,26). The second-order valence-corrected chi connectivity index (χ2v) is 7.30. The summed E-state index contributed by atoms with van der Waals surface area (Å²) in [5.74, 6) is 0.843. The van der Waals surface area contributed by atoms with E-state index < -0.39 is 0 Å². The molecule has 0 atom stereocenters. The number of thioether (sulfide) groups is 1. The van der Waals surface area contributed by atoms with Crippen molar-refractivity contribution in [3.05, 3.63) is 71.8 Å². The number of allylic oxidation sites excluding steroid dienone is 1. The molecular formula is C20H19ClN4OS. The third kappa shape index (κ3) is 4.99. The van der Waals surface area contributed by atoms with Crippen LogP contribution in [0.1, 0.15) is 5.56 Å². The van der Waals surface area contributed by atoms with Crippen LogP contribution in [0, 0.1) is 6.92 Å². The van der Waals surface area contributed by atoms with Crippen LogP contribution < -0.4 is 5.32 Å². The van der Waals surface area contributed by atoms with E-state index in [1.165, 1.54) is 17.3 Å². The van der Waals surface area contributed by atoms with Crippen LogP contribution in [0.4, 0.5) is 5.69 Å². The minimum Gasteiger partial charge on any atom is -0.325 e. The number of anilines is 1. The number of hydrogen-bond donors (Lipinski definition) is 1. The number of carbonyl (C=O) groups is 1. The zero-order valence-electron chi connectivity index (χ0n) is 14.9. The SMILES string of the molecule is C=CCn1c(SCC(=O)Nc2cccc(Cl)c2)nnc1-c1ccc(C)cc1. The predicted molar refractivity (Wildman–Crippen MR) is 111 cm³/mol. The molecule has 0 spiro atoms. The molecule has 1 amide bonds. The average Bonchev–Trinajstić information content (AvgIpc) is 3.04. The molecule has 0 radical (unpaired) electrons. The van der Waals surface area contributed by atoms with Gasteiger partial charge in [-0.15, -0.1) is 16.8 Å². The van der Waals surface area contributed by atoms with Gasteiger partial charge in [-0.25, -0.2) is 0 Å². The minimum atomic E-state index is -0.132. The average molecular weight is 399 g/mol. The quantitative estimate of drug-likeness (QED) is 0.457. The van der Waals surface area contributed by atoms with Gasteiger partial charge in [0.2, 0.25) is 5.91 Å². The van der Waals surface area contributed by atoms with Crippen molar-refractivity contribution in [1.29, 1.82) is 0 Å². The molecule has 3 aromatic rings. The highest BCUT2D eigenvalue weighted by Gasteiger charge is 2.15. The largest absolute Gasteiger partial charge is 0.325 e. The lowest BCUT2D eigenvalue weighted by atomic mass is 10.1. The Labute approximate surface area is 167 Å². The molecule has 138 valence electrons. The maximum absolute atomic E-state index is 12.2. The highest BCUT2D eigenvalue weighted by atomic mass is 35.5. The number of nitrogens with zero attached hydrogens (tertiary/aromatic N) is 3. The number of hydrogen-bond acceptors (Lipinski definition) is 4. The molecule has 0 aliphatic carbocycles. The molecule has 1 heterocycles. The minimum absolute atomic E-state index is 0.132. The summed E-state index contributed by atoms with van der Waals surface area (Å²) in [6.45, 7) is 6.41. The van der Waals surface area contributed by atoms with Crippen molar-refractivity contribution in [2.24, 2.45) is 0 Å². The van der Waals surface area contributed by atoms with Crippen LogP contribution in [0.5, 0.6) is 0 Å². The molecule has 0 unspecified atom stereocenters. The molecule has 0 aliphatic rings. The molecule has 3 rings (SSSR count). The lowest BCUT2D eigenvalue weighted by molar-refractivity contribution is -0.113. The highest BCUT2D eigenvalue weighted by Crippen LogP contribution is 2.25. The molecule has 2 aromatic carbocycles. The van der Waals surface area contributed by atoms with E-state index in [-0.39, 0.29) is 11.7 Å². The fraction of sp³-hybridized carbons (Fsp3) is 0.150. The summed E-state index contributed by atoms with van der Waals surface area (Å²) in [5.41, 5.74) is 2.83. The fourth-order valence-electron chi connectivity index (χ4n) is 2.50. The summed E-state index contributed by atoms with van der Waals surface area (Å²) >= 11 is 7.27. The molecule has 5 nitrogen and oxygen atoms in total. The van der Waals surface area contributed by atoms with Crippen molar-refractivity contribution in [2.45, 2.75) is 18.6 Å². The van der Waals surface area contributed by atoms with E-state index in [1.807, 2.05) is 35.8 Å². The Morgan fingerprint density at radius 1 is 1.26 bits per heavy atom. The molecule has 7 heteroatoms. The zero-order valence-corrected chi connectivity index (χ0v) is 16.4. The lowest BCUT2D eigenvalue weighted by Gasteiger charge is -2.08. The Morgan fingerprint density at radius 3 is 2.74 bits per heavy atom. The number of nitrogens with one attached hydrogen (secondary N) is 1. The van der Waals surface area contributed by atoms with E-state index in [1.54, 1.807) is 30.3 Å². The fourth-order valence-corrected chi connectivity index (χ4v) is 3.44. The van der Waals surface area contributed by atoms with Gasteiger partial charge in [0.05, 0.1) is 5.75 Å². The Hall–Kier alpha value is -2.57. The maximum Gasteiger partial charge on any atom is 0.234 e. The van der Waals surface area contributed by atoms with E-state index in [0.29, 0.717) is 22.4 Å². The summed E-state index contributed by atoms with van der Waals surface area (Å²) in [4.78, 5) is 12.2. The van der Waals surface area contributed by atoms with Gasteiger partial charge in [0.15, 0.2) is 11.0 Å². The van der Waals surface area contributed by atoms with Crippen molar-refractivity contribution < 1.29 is 4.79 Å². The van der Waals surface area contributed by atoms with Gasteiger partial charge in [-0.2, -0.15) is 0 Å². The van der Waals surface area contributed by atoms with E-state index in [0.717, 1.165) is 11.4 Å². The van der Waals surface area contributed by atoms with E-state index in [4.69, 9.17) is 11.6 Å². The first-order chi connectivity index (χ1) is 13.1. The number of aryl methyl sites for hydroxylation is 1. The van der Waals surface area contributed by atoms with Gasteiger partial charge in [-0.3, -0.25) is 9.36 Å². The summed E-state index contributed by atoms with van der Waals surface area (Å²) in [6.07, 6.45) is 1.79. The highest BCUT2D eigenvalue weighted by molar-refractivity contribution is 7.99. The number of benzene rings is 2. The predicted octanol–water partition coefficient (Wildman–Crippen LogP) is 4.82. The van der Waals surface area contributed by atoms with Gasteiger partial charge in [0.1, 0.15) is 0 Å². The first kappa shape index (κ1) is 19.2. The van der Waals surface area contributed by atoms with Crippen LogP contribution in [-0.2, 0) is 11.3 Å². The summed E-state index contributed by atoms with van der Waals surface area (Å²) in [7, 11) is 0. The normalized spacial score (nSPS) is 10.6. The van der Waals surface area contributed by atoms with Crippen molar-refractivity contribution in [3.63, 3.8) is 0 Å². The Balaban J connectivity index is 1.72. The van der Waals surface area contributed by atoms with E-state index in [9.17, 15) is 4.79 Å². The van der Waals surface area contributed by atoms with Crippen LogP contribution in [0.3, 0.4) is 0 Å². The summed E-state index contributed by atoms with van der Waals surface area (Å²) in [5, 5.41) is 12.6. The second kappa shape index (κ2) is 8.88. The molecule has 1 N–H and O–H groups in total. The third-order valence-corrected chi connectivity index (χ3v) is 4.98. The van der Waals surface area contributed by atoms with Gasteiger partial charge in [-0.05, 0) is 25.1 Å². The van der Waals surface area contributed by atoms with Crippen molar-refractivity contribution in [1.82, 2.24) is 14.8 Å². The molecule has 1 aromatic heterocycles. The van der Waals surface area contributed by atoms with E-state index in [2.05, 4.69) is 22.1 Å². The Bertz CT molecular complexity index is 953. The first-order valence-corrected chi connectivity index (χ1v) is 9.72. The van der Waals surface area contributed by atoms with Gasteiger partial charge >= 0.3 is 0 Å². The number of rotatable bonds is 7. The molecule has 0 saturated carbocycles. The number of aromatic nitrogens is 3. The van der Waals surface area contributed by atoms with Crippen LogP contribution in [0.2, 0.25) is 5.02 Å². The zero-order chi connectivity index (χ0) is 19.2. The maximum atomic E-state index is 12.2. The molecule has 0 fully saturated rings. The summed E-state index contributed by atoms with van der Waals surface area (Å²) in [6, 6.07) is 15.2. The topological polar surface area (TPSA) is 59.8 Å². The van der Waals surface area contributed by atoms with Crippen LogP contribution in [-0.4, -0.2) is 26.4 Å². The third-order valence-electron chi connectivity index (χ3n) is 3.78. The molecule has 27 heavy (non-hydrogen) atoms. The number of halogens is 1. The van der Waals surface area contributed by atoms with Crippen LogP contribution >= 0.6 is 23.4 Å². The summed E-state index contributed by atoms with van der Waals surface area (Å²) < 4.78 is 1.95. The van der Waals surface area contributed by atoms with Crippen molar-refractivity contribution >= 4 is 35.0 Å². The Kier molecular flexibility index (Phi) is 6.32. The molecule has 0 bridgehead atoms. The molecule has 0 aliphatic heterocycles. The van der Waals surface area contributed by atoms with Gasteiger partial charge in [0, 0.05) is 22.8 Å². The smallest absolute Gasteiger partial charge is 0.234 e. The first-order valence-electron chi connectivity index (χ1n) is 8.36. The lowest BCUT2D eigenvalue weighted by Crippen LogP contribution is -2.14. The van der Waals surface area contributed by atoms with Crippen molar-refractivity contribution in [3.8, 4) is 11.4 Å². The second-order valence-electron chi connectivity index (χ2n) is 5.92. The van der Waals surface area contributed by atoms with E-state index >= 15 is 0 Å². The number of amides is 1. The Morgan fingerprint density at radius 2 is 2.04 bits per heavy atom. The van der Waals surface area contributed by atoms with Gasteiger partial charge in [0.25, 0.3) is 0 Å².